The summed E-state index contributed by atoms with van der Waals surface area (Å²) in [5, 5.41) is 0. The zero-order valence-corrected chi connectivity index (χ0v) is 6.98. The number of rotatable bonds is 0. The Kier molecular flexibility index (Phi) is 1.06. The standard InChI is InChI=1S/C6H4F4O2P/c7-13(8,9,10)11-5-3-1-2-4-6(5)12-13/h1-4H/q-1. The van der Waals surface area contributed by atoms with Crippen molar-refractivity contribution in [2.45, 2.75) is 0 Å². The van der Waals surface area contributed by atoms with Gasteiger partial charge in [0.2, 0.25) is 0 Å². The molecule has 0 atom stereocenters. The van der Waals surface area contributed by atoms with Crippen molar-refractivity contribution in [1.82, 2.24) is 0 Å². The van der Waals surface area contributed by atoms with Crippen molar-refractivity contribution in [3.05, 3.63) is 24.3 Å². The number of hydrogen-bond acceptors (Lipinski definition) is 2. The predicted octanol–water partition coefficient (Wildman–Crippen LogP) is 3.91. The summed E-state index contributed by atoms with van der Waals surface area (Å²) in [4.78, 5) is 0. The summed E-state index contributed by atoms with van der Waals surface area (Å²) >= 11 is 0. The van der Waals surface area contributed by atoms with Crippen LogP contribution < -0.4 is 9.05 Å². The van der Waals surface area contributed by atoms with Gasteiger partial charge in [-0.1, -0.05) is 0 Å². The molecular weight excluding hydrogens is 211 g/mol. The molecule has 2 rings (SSSR count). The zero-order valence-electron chi connectivity index (χ0n) is 6.08. The molecule has 0 aliphatic carbocycles. The predicted molar refractivity (Wildman–Crippen MR) is 39.1 cm³/mol. The van der Waals surface area contributed by atoms with Crippen LogP contribution in [0.3, 0.4) is 0 Å². The van der Waals surface area contributed by atoms with Crippen molar-refractivity contribution in [3.8, 4) is 11.5 Å². The van der Waals surface area contributed by atoms with Gasteiger partial charge in [0.15, 0.2) is 0 Å². The summed E-state index contributed by atoms with van der Waals surface area (Å²) < 4.78 is 56.5. The van der Waals surface area contributed by atoms with Crippen LogP contribution in [0.2, 0.25) is 0 Å². The first kappa shape index (κ1) is 8.56. The molecule has 0 saturated carbocycles. The first-order chi connectivity index (χ1) is 5.68. The quantitative estimate of drug-likeness (QED) is 0.482. The summed E-state index contributed by atoms with van der Waals surface area (Å²) in [6, 6.07) is 4.57. The fourth-order valence-electron chi connectivity index (χ4n) is 0.997. The Hall–Kier alpha value is -1.03. The average Bonchev–Trinajstić information content (AvgIpc) is 2.12. The Bertz CT molecular complexity index is 353. The van der Waals surface area contributed by atoms with E-state index in [0.29, 0.717) is 0 Å². The van der Waals surface area contributed by atoms with Gasteiger partial charge in [-0.05, 0) is 0 Å². The normalized spacial score (nSPS) is 30.8. The molecule has 2 nitrogen and oxygen atoms in total. The van der Waals surface area contributed by atoms with Crippen LogP contribution in [0.1, 0.15) is 0 Å². The van der Waals surface area contributed by atoms with E-state index in [1.807, 2.05) is 0 Å². The van der Waals surface area contributed by atoms with Gasteiger partial charge in [0.25, 0.3) is 0 Å². The average molecular weight is 215 g/mol. The van der Waals surface area contributed by atoms with Gasteiger partial charge < -0.3 is 0 Å². The van der Waals surface area contributed by atoms with E-state index in [0.717, 1.165) is 12.1 Å². The van der Waals surface area contributed by atoms with Crippen LogP contribution in [-0.4, -0.2) is 0 Å². The molecule has 1 aliphatic rings. The molecule has 74 valence electrons. The van der Waals surface area contributed by atoms with Crippen LogP contribution in [0, 0.1) is 0 Å². The maximum absolute atomic E-state index is 12.5. The molecule has 0 amide bonds. The van der Waals surface area contributed by atoms with Crippen LogP contribution >= 0.6 is 7.64 Å². The Morgan fingerprint density at radius 2 is 1.23 bits per heavy atom. The topological polar surface area (TPSA) is 18.5 Å². The molecule has 1 aromatic rings. The van der Waals surface area contributed by atoms with Gasteiger partial charge in [0.05, 0.1) is 0 Å². The SMILES string of the molecule is F[P-]1(F)(F)(F)Oc2ccccc2O1. The maximum atomic E-state index is 12.5. The van der Waals surface area contributed by atoms with Crippen LogP contribution in [0.5, 0.6) is 11.5 Å². The molecule has 0 unspecified atom stereocenters. The number of para-hydroxylation sites is 2. The van der Waals surface area contributed by atoms with Gasteiger partial charge in [-0.15, -0.1) is 0 Å². The Labute approximate surface area is 70.2 Å². The van der Waals surface area contributed by atoms with E-state index in [1.165, 1.54) is 12.1 Å². The molecule has 0 spiro atoms. The molecule has 1 heterocycles. The van der Waals surface area contributed by atoms with Crippen molar-refractivity contribution in [2.75, 3.05) is 0 Å². The van der Waals surface area contributed by atoms with E-state index in [4.69, 9.17) is 0 Å². The zero-order chi connectivity index (χ0) is 9.81. The second-order valence-corrected chi connectivity index (χ2v) is 5.02. The van der Waals surface area contributed by atoms with Crippen LogP contribution in [0.4, 0.5) is 16.8 Å². The number of halogens is 4. The molecule has 0 aromatic heterocycles. The first-order valence-corrected chi connectivity index (χ1v) is 5.36. The van der Waals surface area contributed by atoms with Gasteiger partial charge in [-0.3, -0.25) is 0 Å². The van der Waals surface area contributed by atoms with Crippen molar-refractivity contribution < 1.29 is 25.8 Å². The molecule has 0 radical (unpaired) electrons. The molecule has 0 N–H and O–H groups in total. The Morgan fingerprint density at radius 3 is 1.62 bits per heavy atom. The summed E-state index contributed by atoms with van der Waals surface area (Å²) in [5.41, 5.74) is 0. The number of hydrogen-bond donors (Lipinski definition) is 0. The van der Waals surface area contributed by atoms with E-state index in [-0.39, 0.29) is 0 Å². The van der Waals surface area contributed by atoms with E-state index < -0.39 is 19.1 Å². The van der Waals surface area contributed by atoms with Crippen LogP contribution in [-0.2, 0) is 0 Å². The summed E-state index contributed by atoms with van der Waals surface area (Å²) in [7, 11) is -8.96. The third-order valence-corrected chi connectivity index (χ3v) is 2.49. The third-order valence-electron chi connectivity index (χ3n) is 1.40. The second kappa shape index (κ2) is 1.62. The van der Waals surface area contributed by atoms with E-state index in [1.54, 1.807) is 0 Å². The monoisotopic (exact) mass is 215 g/mol. The third kappa shape index (κ3) is 1.54. The molecule has 7 heteroatoms. The van der Waals surface area contributed by atoms with Crippen LogP contribution in [0.15, 0.2) is 24.3 Å². The fourth-order valence-corrected chi connectivity index (χ4v) is 2.09. The summed E-state index contributed by atoms with van der Waals surface area (Å²) in [6.07, 6.45) is 0. The van der Waals surface area contributed by atoms with Gasteiger partial charge in [-0.25, -0.2) is 0 Å². The number of fused-ring (bicyclic) bond motifs is 1. The van der Waals surface area contributed by atoms with Gasteiger partial charge in [0.1, 0.15) is 0 Å². The Morgan fingerprint density at radius 1 is 0.846 bits per heavy atom. The molecule has 1 aliphatic heterocycles. The molecule has 13 heavy (non-hydrogen) atoms. The minimum atomic E-state index is -8.96. The fraction of sp³-hybridized carbons (Fsp3) is 0. The molecule has 0 bridgehead atoms. The van der Waals surface area contributed by atoms with Crippen molar-refractivity contribution in [3.63, 3.8) is 0 Å². The van der Waals surface area contributed by atoms with Crippen LogP contribution in [0.25, 0.3) is 0 Å². The van der Waals surface area contributed by atoms with Gasteiger partial charge in [0, 0.05) is 0 Å². The van der Waals surface area contributed by atoms with Gasteiger partial charge >= 0.3 is 69.2 Å². The summed E-state index contributed by atoms with van der Waals surface area (Å²) in [6.45, 7) is 0. The van der Waals surface area contributed by atoms with Crippen molar-refractivity contribution >= 4 is 7.64 Å². The number of benzene rings is 1. The van der Waals surface area contributed by atoms with E-state index in [2.05, 4.69) is 9.05 Å². The second-order valence-electron chi connectivity index (χ2n) is 2.64. The van der Waals surface area contributed by atoms with E-state index >= 15 is 0 Å². The molecule has 0 fully saturated rings. The first-order valence-electron chi connectivity index (χ1n) is 3.28. The van der Waals surface area contributed by atoms with Crippen molar-refractivity contribution in [2.24, 2.45) is 0 Å². The Balaban J connectivity index is 2.56. The molecule has 0 saturated heterocycles. The van der Waals surface area contributed by atoms with Crippen molar-refractivity contribution in [1.29, 1.82) is 0 Å². The summed E-state index contributed by atoms with van der Waals surface area (Å²) in [5.74, 6) is -1.26. The molecular formula is C6H4F4O2P-. The molecule has 1 aromatic carbocycles. The minimum absolute atomic E-state index is 0.631. The van der Waals surface area contributed by atoms with E-state index in [9.17, 15) is 16.8 Å². The van der Waals surface area contributed by atoms with Gasteiger partial charge in [-0.2, -0.15) is 0 Å².